The number of anilines is 1. The van der Waals surface area contributed by atoms with Crippen LogP contribution in [-0.2, 0) is 10.2 Å². The van der Waals surface area contributed by atoms with Gasteiger partial charge in [0.25, 0.3) is 5.91 Å². The zero-order chi connectivity index (χ0) is 17.0. The number of rotatable bonds is 5. The van der Waals surface area contributed by atoms with E-state index in [1.807, 2.05) is 58.9 Å². The first-order valence-electron chi connectivity index (χ1n) is 7.81. The second kappa shape index (κ2) is 6.86. The molecule has 0 bridgehead atoms. The standard InChI is InChI=1S/C18H24N2O3/c1-6-13(22-14-10-8-7-9-12(14)2)17(21)19-16-11-15(23-20-16)18(3,4)5/h7-11,13H,6H2,1-5H3,(H,19,20,21)/t13-/m0/s1. The highest BCUT2D eigenvalue weighted by Gasteiger charge is 2.23. The summed E-state index contributed by atoms with van der Waals surface area (Å²) in [7, 11) is 0. The Morgan fingerprint density at radius 3 is 2.61 bits per heavy atom. The van der Waals surface area contributed by atoms with Gasteiger partial charge in [-0.05, 0) is 25.0 Å². The summed E-state index contributed by atoms with van der Waals surface area (Å²) in [6.45, 7) is 9.93. The van der Waals surface area contributed by atoms with Crippen LogP contribution in [0.5, 0.6) is 5.75 Å². The van der Waals surface area contributed by atoms with Crippen LogP contribution in [-0.4, -0.2) is 17.2 Å². The number of hydrogen-bond acceptors (Lipinski definition) is 4. The highest BCUT2D eigenvalue weighted by Crippen LogP contribution is 2.25. The van der Waals surface area contributed by atoms with Gasteiger partial charge in [0.2, 0.25) is 0 Å². The van der Waals surface area contributed by atoms with Gasteiger partial charge in [0.05, 0.1) is 0 Å². The van der Waals surface area contributed by atoms with Gasteiger partial charge in [-0.15, -0.1) is 0 Å². The van der Waals surface area contributed by atoms with Crippen LogP contribution in [0.3, 0.4) is 0 Å². The molecule has 0 aliphatic carbocycles. The monoisotopic (exact) mass is 316 g/mol. The zero-order valence-electron chi connectivity index (χ0n) is 14.3. The van der Waals surface area contributed by atoms with Crippen molar-refractivity contribution in [1.29, 1.82) is 0 Å². The van der Waals surface area contributed by atoms with Crippen molar-refractivity contribution < 1.29 is 14.1 Å². The van der Waals surface area contributed by atoms with E-state index in [0.29, 0.717) is 18.0 Å². The largest absolute Gasteiger partial charge is 0.480 e. The fraction of sp³-hybridized carbons (Fsp3) is 0.444. The molecule has 1 atom stereocenters. The van der Waals surface area contributed by atoms with Gasteiger partial charge in [0.1, 0.15) is 11.5 Å². The van der Waals surface area contributed by atoms with E-state index in [2.05, 4.69) is 10.5 Å². The number of nitrogens with one attached hydrogen (secondary N) is 1. The number of carbonyl (C=O) groups is 1. The predicted octanol–water partition coefficient (Wildman–Crippen LogP) is 4.08. The van der Waals surface area contributed by atoms with Crippen molar-refractivity contribution in [2.24, 2.45) is 0 Å². The molecule has 0 aliphatic rings. The first kappa shape index (κ1) is 17.1. The van der Waals surface area contributed by atoms with Crippen molar-refractivity contribution >= 4 is 11.7 Å². The van der Waals surface area contributed by atoms with E-state index < -0.39 is 6.10 Å². The molecule has 0 saturated heterocycles. The molecule has 1 heterocycles. The summed E-state index contributed by atoms with van der Waals surface area (Å²) in [6, 6.07) is 9.39. The van der Waals surface area contributed by atoms with Gasteiger partial charge >= 0.3 is 0 Å². The van der Waals surface area contributed by atoms with Gasteiger partial charge in [0, 0.05) is 11.5 Å². The quantitative estimate of drug-likeness (QED) is 0.903. The van der Waals surface area contributed by atoms with Crippen LogP contribution < -0.4 is 10.1 Å². The highest BCUT2D eigenvalue weighted by molar-refractivity contribution is 5.93. The van der Waals surface area contributed by atoms with Gasteiger partial charge in [-0.1, -0.05) is 51.1 Å². The summed E-state index contributed by atoms with van der Waals surface area (Å²) in [4.78, 5) is 12.4. The molecule has 0 radical (unpaired) electrons. The van der Waals surface area contributed by atoms with E-state index in [9.17, 15) is 4.79 Å². The molecule has 23 heavy (non-hydrogen) atoms. The molecule has 0 aliphatic heterocycles. The molecule has 2 rings (SSSR count). The maximum Gasteiger partial charge on any atom is 0.266 e. The molecule has 5 heteroatoms. The Kier molecular flexibility index (Phi) is 5.08. The molecule has 1 aromatic heterocycles. The maximum atomic E-state index is 12.4. The lowest BCUT2D eigenvalue weighted by molar-refractivity contribution is -0.122. The van der Waals surface area contributed by atoms with E-state index in [4.69, 9.17) is 9.26 Å². The summed E-state index contributed by atoms with van der Waals surface area (Å²) in [5.74, 6) is 1.61. The minimum absolute atomic E-state index is 0.155. The Morgan fingerprint density at radius 2 is 2.04 bits per heavy atom. The van der Waals surface area contributed by atoms with Crippen LogP contribution in [0.15, 0.2) is 34.9 Å². The molecule has 5 nitrogen and oxygen atoms in total. The minimum atomic E-state index is -0.578. The molecule has 124 valence electrons. The average Bonchev–Trinajstić information content (AvgIpc) is 2.95. The molecular formula is C18H24N2O3. The molecule has 0 saturated carbocycles. The molecular weight excluding hydrogens is 292 g/mol. The number of ether oxygens (including phenoxy) is 1. The molecule has 0 spiro atoms. The van der Waals surface area contributed by atoms with E-state index in [-0.39, 0.29) is 11.3 Å². The van der Waals surface area contributed by atoms with Crippen LogP contribution in [0.2, 0.25) is 0 Å². The van der Waals surface area contributed by atoms with Crippen molar-refractivity contribution in [3.8, 4) is 5.75 Å². The van der Waals surface area contributed by atoms with E-state index >= 15 is 0 Å². The van der Waals surface area contributed by atoms with Crippen molar-refractivity contribution in [1.82, 2.24) is 5.16 Å². The average molecular weight is 316 g/mol. The molecule has 1 N–H and O–H groups in total. The van der Waals surface area contributed by atoms with Gasteiger partial charge in [-0.25, -0.2) is 0 Å². The molecule has 1 amide bonds. The van der Waals surface area contributed by atoms with Gasteiger partial charge < -0.3 is 14.6 Å². The normalized spacial score (nSPS) is 12.7. The maximum absolute atomic E-state index is 12.4. The second-order valence-electron chi connectivity index (χ2n) is 6.60. The Morgan fingerprint density at radius 1 is 1.35 bits per heavy atom. The second-order valence-corrected chi connectivity index (χ2v) is 6.60. The van der Waals surface area contributed by atoms with Gasteiger partial charge in [-0.2, -0.15) is 0 Å². The number of para-hydroxylation sites is 1. The topological polar surface area (TPSA) is 64.4 Å². The lowest BCUT2D eigenvalue weighted by Crippen LogP contribution is -2.32. The Balaban J connectivity index is 2.06. The van der Waals surface area contributed by atoms with Crippen molar-refractivity contribution in [2.45, 2.75) is 52.6 Å². The first-order chi connectivity index (χ1) is 10.8. The van der Waals surface area contributed by atoms with Gasteiger partial charge in [0.15, 0.2) is 11.9 Å². The summed E-state index contributed by atoms with van der Waals surface area (Å²) in [5.41, 5.74) is 0.841. The van der Waals surface area contributed by atoms with Crippen LogP contribution in [0.4, 0.5) is 5.82 Å². The molecule has 2 aromatic rings. The number of amides is 1. The number of hydrogen-bond donors (Lipinski definition) is 1. The molecule has 1 aromatic carbocycles. The number of carbonyl (C=O) groups excluding carboxylic acids is 1. The van der Waals surface area contributed by atoms with Crippen molar-refractivity contribution in [3.63, 3.8) is 0 Å². The van der Waals surface area contributed by atoms with E-state index in [1.54, 1.807) is 6.07 Å². The molecule has 0 fully saturated rings. The van der Waals surface area contributed by atoms with E-state index in [1.165, 1.54) is 0 Å². The number of benzene rings is 1. The van der Waals surface area contributed by atoms with Crippen LogP contribution in [0.25, 0.3) is 0 Å². The third-order valence-electron chi connectivity index (χ3n) is 3.53. The third-order valence-corrected chi connectivity index (χ3v) is 3.53. The van der Waals surface area contributed by atoms with Gasteiger partial charge in [-0.3, -0.25) is 4.79 Å². The number of nitrogens with zero attached hydrogens (tertiary/aromatic N) is 1. The Labute approximate surface area is 137 Å². The van der Waals surface area contributed by atoms with Crippen LogP contribution in [0, 0.1) is 6.92 Å². The fourth-order valence-electron chi connectivity index (χ4n) is 2.06. The van der Waals surface area contributed by atoms with Crippen LogP contribution in [0.1, 0.15) is 45.4 Å². The zero-order valence-corrected chi connectivity index (χ0v) is 14.3. The highest BCUT2D eigenvalue weighted by atomic mass is 16.5. The predicted molar refractivity (Wildman–Crippen MR) is 89.7 cm³/mol. The fourth-order valence-corrected chi connectivity index (χ4v) is 2.06. The lowest BCUT2D eigenvalue weighted by atomic mass is 9.93. The summed E-state index contributed by atoms with van der Waals surface area (Å²) >= 11 is 0. The van der Waals surface area contributed by atoms with Crippen LogP contribution >= 0.6 is 0 Å². The number of aromatic nitrogens is 1. The number of aryl methyl sites for hydroxylation is 1. The SMILES string of the molecule is CC[C@H](Oc1ccccc1C)C(=O)Nc1cc(C(C)(C)C)on1. The van der Waals surface area contributed by atoms with Crippen molar-refractivity contribution in [3.05, 3.63) is 41.7 Å². The first-order valence-corrected chi connectivity index (χ1v) is 7.81. The van der Waals surface area contributed by atoms with E-state index in [0.717, 1.165) is 11.3 Å². The lowest BCUT2D eigenvalue weighted by Gasteiger charge is -2.17. The van der Waals surface area contributed by atoms with Crippen molar-refractivity contribution in [2.75, 3.05) is 5.32 Å². The smallest absolute Gasteiger partial charge is 0.266 e. The minimum Gasteiger partial charge on any atom is -0.480 e. The third kappa shape index (κ3) is 4.34. The summed E-state index contributed by atoms with van der Waals surface area (Å²) < 4.78 is 11.1. The summed E-state index contributed by atoms with van der Waals surface area (Å²) in [6.07, 6.45) is -0.0182. The Bertz CT molecular complexity index is 671. The molecule has 0 unspecified atom stereocenters. The summed E-state index contributed by atoms with van der Waals surface area (Å²) in [5, 5.41) is 6.66. The Hall–Kier alpha value is -2.30.